The van der Waals surface area contributed by atoms with E-state index in [4.69, 9.17) is 15.7 Å². The summed E-state index contributed by atoms with van der Waals surface area (Å²) in [5.74, 6) is 1.20. The summed E-state index contributed by atoms with van der Waals surface area (Å²) in [5.41, 5.74) is 8.55. The van der Waals surface area contributed by atoms with E-state index in [0.29, 0.717) is 31.0 Å². The number of carbonyl (C=O) groups is 1. The molecule has 3 N–H and O–H groups in total. The number of hydrogen-bond donors (Lipinski definition) is 2. The summed E-state index contributed by atoms with van der Waals surface area (Å²) in [6.45, 7) is 2.39. The number of carbonyl (C=O) groups excluding carboxylic acids is 1. The van der Waals surface area contributed by atoms with E-state index in [9.17, 15) is 13.2 Å². The molecule has 0 saturated carbocycles. The number of sulfone groups is 1. The Morgan fingerprint density at radius 1 is 1.11 bits per heavy atom. The van der Waals surface area contributed by atoms with Gasteiger partial charge in [-0.05, 0) is 25.1 Å². The van der Waals surface area contributed by atoms with Crippen molar-refractivity contribution in [3.05, 3.63) is 41.1 Å². The van der Waals surface area contributed by atoms with Crippen molar-refractivity contribution < 1.29 is 13.2 Å². The number of nitrogens with two attached hydrogens (primary N) is 1. The van der Waals surface area contributed by atoms with E-state index in [1.54, 1.807) is 24.3 Å². The van der Waals surface area contributed by atoms with Crippen LogP contribution in [0.5, 0.6) is 0 Å². The molecular weight excluding hydrogens is 366 g/mol. The zero-order valence-electron chi connectivity index (χ0n) is 14.8. The highest BCUT2D eigenvalue weighted by Gasteiger charge is 2.27. The number of fused-ring (bicyclic) bond motifs is 1. The average molecular weight is 387 g/mol. The molecule has 0 unspecified atom stereocenters. The number of hydrogen-bond acceptors (Lipinski definition) is 7. The molecule has 1 amide bonds. The Hall–Kier alpha value is -2.52. The van der Waals surface area contributed by atoms with Gasteiger partial charge in [0.05, 0.1) is 17.2 Å². The third-order valence-corrected chi connectivity index (χ3v) is 6.60. The fourth-order valence-electron chi connectivity index (χ4n) is 3.44. The van der Waals surface area contributed by atoms with Crippen LogP contribution in [-0.4, -0.2) is 55.4 Å². The van der Waals surface area contributed by atoms with Crippen molar-refractivity contribution in [2.24, 2.45) is 5.73 Å². The summed E-state index contributed by atoms with van der Waals surface area (Å²) in [5, 5.41) is 3.32. The molecule has 1 aromatic carbocycles. The van der Waals surface area contributed by atoms with E-state index in [-0.39, 0.29) is 11.5 Å². The van der Waals surface area contributed by atoms with Crippen LogP contribution in [0.1, 0.15) is 21.6 Å². The SMILES string of the molecule is NC(=O)c1ccc(-c2nc3c(c(N4CCS(=O)(=O)CC4)n2)CCNC3)cc1. The van der Waals surface area contributed by atoms with Crippen LogP contribution in [0.4, 0.5) is 5.82 Å². The largest absolute Gasteiger partial charge is 0.366 e. The first-order valence-corrected chi connectivity index (χ1v) is 10.7. The van der Waals surface area contributed by atoms with Gasteiger partial charge in [0.25, 0.3) is 0 Å². The fourth-order valence-corrected chi connectivity index (χ4v) is 4.64. The Balaban J connectivity index is 1.74. The van der Waals surface area contributed by atoms with Crippen LogP contribution in [0.3, 0.4) is 0 Å². The number of nitrogens with zero attached hydrogens (tertiary/aromatic N) is 3. The van der Waals surface area contributed by atoms with E-state index in [1.165, 1.54) is 0 Å². The normalized spacial score (nSPS) is 18.7. The summed E-state index contributed by atoms with van der Waals surface area (Å²) in [4.78, 5) is 22.8. The Labute approximate surface area is 157 Å². The number of anilines is 1. The molecule has 2 aromatic rings. The first-order valence-electron chi connectivity index (χ1n) is 8.89. The monoisotopic (exact) mass is 387 g/mol. The summed E-state index contributed by atoms with van der Waals surface area (Å²) in [6, 6.07) is 6.88. The van der Waals surface area contributed by atoms with Crippen molar-refractivity contribution in [1.82, 2.24) is 15.3 Å². The van der Waals surface area contributed by atoms with Crippen molar-refractivity contribution in [1.29, 1.82) is 0 Å². The van der Waals surface area contributed by atoms with Gasteiger partial charge in [-0.15, -0.1) is 0 Å². The van der Waals surface area contributed by atoms with Gasteiger partial charge in [0.1, 0.15) is 5.82 Å². The molecule has 0 radical (unpaired) electrons. The lowest BCUT2D eigenvalue weighted by Gasteiger charge is -2.31. The molecule has 1 aromatic heterocycles. The van der Waals surface area contributed by atoms with Crippen LogP contribution >= 0.6 is 0 Å². The lowest BCUT2D eigenvalue weighted by atomic mass is 10.1. The van der Waals surface area contributed by atoms with Gasteiger partial charge >= 0.3 is 0 Å². The van der Waals surface area contributed by atoms with Crippen LogP contribution in [0.25, 0.3) is 11.4 Å². The second-order valence-electron chi connectivity index (χ2n) is 6.80. The minimum absolute atomic E-state index is 0.146. The highest BCUT2D eigenvalue weighted by atomic mass is 32.2. The summed E-state index contributed by atoms with van der Waals surface area (Å²) in [7, 11) is -2.96. The summed E-state index contributed by atoms with van der Waals surface area (Å²) >= 11 is 0. The first-order chi connectivity index (χ1) is 12.9. The molecule has 1 saturated heterocycles. The molecule has 2 aliphatic heterocycles. The Morgan fingerprint density at radius 3 is 2.48 bits per heavy atom. The molecule has 2 aliphatic rings. The van der Waals surface area contributed by atoms with Crippen molar-refractivity contribution in [3.8, 4) is 11.4 Å². The van der Waals surface area contributed by atoms with Gasteiger partial charge in [-0.2, -0.15) is 0 Å². The molecule has 27 heavy (non-hydrogen) atoms. The Morgan fingerprint density at radius 2 is 1.81 bits per heavy atom. The van der Waals surface area contributed by atoms with Gasteiger partial charge < -0.3 is 16.0 Å². The van der Waals surface area contributed by atoms with E-state index in [2.05, 4.69) is 5.32 Å². The second-order valence-corrected chi connectivity index (χ2v) is 9.11. The first kappa shape index (κ1) is 17.9. The highest BCUT2D eigenvalue weighted by Crippen LogP contribution is 2.28. The average Bonchev–Trinajstić information content (AvgIpc) is 2.67. The number of benzene rings is 1. The molecule has 8 nitrogen and oxygen atoms in total. The lowest BCUT2D eigenvalue weighted by molar-refractivity contribution is 0.100. The molecular formula is C18H21N5O3S. The number of nitrogens with one attached hydrogen (secondary N) is 1. The Kier molecular flexibility index (Phi) is 4.56. The molecule has 9 heteroatoms. The molecule has 0 atom stereocenters. The third-order valence-electron chi connectivity index (χ3n) is 4.99. The minimum Gasteiger partial charge on any atom is -0.366 e. The summed E-state index contributed by atoms with van der Waals surface area (Å²) in [6.07, 6.45) is 0.814. The van der Waals surface area contributed by atoms with Crippen molar-refractivity contribution >= 4 is 21.6 Å². The van der Waals surface area contributed by atoms with E-state index < -0.39 is 15.7 Å². The van der Waals surface area contributed by atoms with Crippen LogP contribution in [0.2, 0.25) is 0 Å². The van der Waals surface area contributed by atoms with E-state index >= 15 is 0 Å². The van der Waals surface area contributed by atoms with Crippen LogP contribution in [-0.2, 0) is 22.8 Å². The molecule has 3 heterocycles. The van der Waals surface area contributed by atoms with Crippen molar-refractivity contribution in [3.63, 3.8) is 0 Å². The number of primary amides is 1. The molecule has 0 spiro atoms. The number of amides is 1. The molecule has 0 aliphatic carbocycles. The zero-order valence-corrected chi connectivity index (χ0v) is 15.6. The maximum atomic E-state index is 11.8. The van der Waals surface area contributed by atoms with Gasteiger partial charge in [0.2, 0.25) is 5.91 Å². The van der Waals surface area contributed by atoms with Gasteiger partial charge in [-0.1, -0.05) is 12.1 Å². The van der Waals surface area contributed by atoms with Crippen LogP contribution in [0, 0.1) is 0 Å². The van der Waals surface area contributed by atoms with Crippen LogP contribution in [0.15, 0.2) is 24.3 Å². The fraction of sp³-hybridized carbons (Fsp3) is 0.389. The lowest BCUT2D eigenvalue weighted by Crippen LogP contribution is -2.42. The van der Waals surface area contributed by atoms with Gasteiger partial charge in [-0.3, -0.25) is 4.79 Å². The van der Waals surface area contributed by atoms with Crippen molar-refractivity contribution in [2.45, 2.75) is 13.0 Å². The van der Waals surface area contributed by atoms with Gasteiger partial charge in [0, 0.05) is 36.3 Å². The zero-order chi connectivity index (χ0) is 19.0. The predicted molar refractivity (Wildman–Crippen MR) is 102 cm³/mol. The standard InChI is InChI=1S/C18H21N5O3S/c19-16(24)12-1-3-13(4-2-12)17-21-15-11-20-6-5-14(15)18(22-17)23-7-9-27(25,26)10-8-23/h1-4,20H,5-11H2,(H2,19,24). The minimum atomic E-state index is -2.96. The molecule has 142 valence electrons. The van der Waals surface area contributed by atoms with Crippen LogP contribution < -0.4 is 16.0 Å². The van der Waals surface area contributed by atoms with E-state index in [1.807, 2.05) is 4.90 Å². The second kappa shape index (κ2) is 6.90. The topological polar surface area (TPSA) is 118 Å². The molecule has 4 rings (SSSR count). The smallest absolute Gasteiger partial charge is 0.248 e. The number of rotatable bonds is 3. The predicted octanol–water partition coefficient (Wildman–Crippen LogP) is 0.123. The van der Waals surface area contributed by atoms with Gasteiger partial charge in [0.15, 0.2) is 15.7 Å². The Bertz CT molecular complexity index is 975. The maximum Gasteiger partial charge on any atom is 0.248 e. The quantitative estimate of drug-likeness (QED) is 0.768. The molecule has 1 fully saturated rings. The highest BCUT2D eigenvalue weighted by molar-refractivity contribution is 7.91. The van der Waals surface area contributed by atoms with E-state index in [0.717, 1.165) is 35.6 Å². The summed E-state index contributed by atoms with van der Waals surface area (Å²) < 4.78 is 23.6. The van der Waals surface area contributed by atoms with Gasteiger partial charge in [-0.25, -0.2) is 18.4 Å². The number of aromatic nitrogens is 2. The van der Waals surface area contributed by atoms with Crippen molar-refractivity contribution in [2.75, 3.05) is 36.0 Å². The maximum absolute atomic E-state index is 11.8. The molecule has 0 bridgehead atoms. The third kappa shape index (κ3) is 3.65.